The Balaban J connectivity index is 1.22. The molecular weight excluding hydrogens is 551 g/mol. The van der Waals surface area contributed by atoms with Crippen LogP contribution in [0.1, 0.15) is 47.1 Å². The van der Waals surface area contributed by atoms with Gasteiger partial charge in [0.25, 0.3) is 5.91 Å². The average Bonchev–Trinajstić information content (AvgIpc) is 3.85. The molecule has 2 amide bonds. The minimum atomic E-state index is -0.457. The van der Waals surface area contributed by atoms with Gasteiger partial charge in [0.2, 0.25) is 5.91 Å². The molecule has 5 aromatic rings. The van der Waals surface area contributed by atoms with Gasteiger partial charge >= 0.3 is 0 Å². The second-order valence-corrected chi connectivity index (χ2v) is 11.0. The van der Waals surface area contributed by atoms with Gasteiger partial charge in [-0.25, -0.2) is 9.37 Å². The molecule has 7 rings (SSSR count). The van der Waals surface area contributed by atoms with Crippen molar-refractivity contribution >= 4 is 28.3 Å². The van der Waals surface area contributed by atoms with Crippen LogP contribution in [0.2, 0.25) is 0 Å². The summed E-state index contributed by atoms with van der Waals surface area (Å²) in [6.45, 7) is 4.92. The second kappa shape index (κ2) is 10.6. The summed E-state index contributed by atoms with van der Waals surface area (Å²) in [6, 6.07) is 3.51. The highest BCUT2D eigenvalue weighted by atomic mass is 19.1. The Labute approximate surface area is 246 Å². The number of aromatic nitrogens is 8. The van der Waals surface area contributed by atoms with Crippen LogP contribution >= 0.6 is 0 Å². The first kappa shape index (κ1) is 26.8. The van der Waals surface area contributed by atoms with Crippen molar-refractivity contribution < 1.29 is 14.0 Å². The van der Waals surface area contributed by atoms with E-state index in [0.717, 1.165) is 23.4 Å². The molecule has 0 aliphatic carbocycles. The number of carbonyl (C=O) groups is 2. The van der Waals surface area contributed by atoms with Gasteiger partial charge in [0.15, 0.2) is 5.82 Å². The summed E-state index contributed by atoms with van der Waals surface area (Å²) in [5, 5.41) is 12.7. The third kappa shape index (κ3) is 4.70. The molecular formula is C30H31FN10O2. The van der Waals surface area contributed by atoms with Gasteiger partial charge in [-0.3, -0.25) is 19.0 Å². The monoisotopic (exact) mass is 582 g/mol. The van der Waals surface area contributed by atoms with Crippen LogP contribution in [0, 0.1) is 5.82 Å². The van der Waals surface area contributed by atoms with Crippen molar-refractivity contribution in [2.75, 3.05) is 13.1 Å². The molecule has 2 aliphatic rings. The number of benzene rings is 1. The fourth-order valence-corrected chi connectivity index (χ4v) is 6.08. The zero-order chi connectivity index (χ0) is 29.7. The van der Waals surface area contributed by atoms with Crippen LogP contribution in [-0.4, -0.2) is 74.0 Å². The molecule has 2 aliphatic heterocycles. The molecule has 0 atom stereocenters. The minimum Gasteiger partial charge on any atom is -0.348 e. The van der Waals surface area contributed by atoms with Crippen LogP contribution in [0.3, 0.4) is 0 Å². The lowest BCUT2D eigenvalue weighted by atomic mass is 9.95. The topological polar surface area (TPSA) is 123 Å². The lowest BCUT2D eigenvalue weighted by molar-refractivity contribution is -0.131. The number of nitrogens with zero attached hydrogens (tertiary/aromatic N) is 9. The van der Waals surface area contributed by atoms with Crippen molar-refractivity contribution in [2.45, 2.75) is 45.9 Å². The molecule has 43 heavy (non-hydrogen) atoms. The molecule has 0 spiro atoms. The predicted molar refractivity (Wildman–Crippen MR) is 156 cm³/mol. The van der Waals surface area contributed by atoms with Crippen LogP contribution < -0.4 is 0 Å². The van der Waals surface area contributed by atoms with Crippen molar-refractivity contribution in [3.05, 3.63) is 77.5 Å². The number of fused-ring (bicyclic) bond motifs is 2. The SMILES string of the molecule is CCn1ncc2c1CN(C(=O)c1cc3c(-c4nccn4C)cc(C4=CCCN(C(=O)CCn5ccnn5)C4)c(F)c3[nH]1)C2. The summed E-state index contributed by atoms with van der Waals surface area (Å²) >= 11 is 0. The lowest BCUT2D eigenvalue weighted by Gasteiger charge is -2.28. The second-order valence-electron chi connectivity index (χ2n) is 11.0. The largest absolute Gasteiger partial charge is 0.348 e. The molecule has 12 nitrogen and oxygen atoms in total. The molecule has 0 saturated heterocycles. The number of aryl methyl sites for hydroxylation is 3. The maximum atomic E-state index is 16.4. The molecule has 0 unspecified atom stereocenters. The maximum absolute atomic E-state index is 16.4. The number of aromatic amines is 1. The van der Waals surface area contributed by atoms with Gasteiger partial charge in [-0.2, -0.15) is 5.10 Å². The van der Waals surface area contributed by atoms with Crippen molar-refractivity contribution in [1.29, 1.82) is 0 Å². The quantitative estimate of drug-likeness (QED) is 0.314. The Morgan fingerprint density at radius 3 is 2.72 bits per heavy atom. The molecule has 13 heteroatoms. The Bertz CT molecular complexity index is 1880. The summed E-state index contributed by atoms with van der Waals surface area (Å²) in [4.78, 5) is 37.9. The molecule has 6 heterocycles. The van der Waals surface area contributed by atoms with E-state index < -0.39 is 5.82 Å². The fourth-order valence-electron chi connectivity index (χ4n) is 6.08. The normalized spacial score (nSPS) is 14.9. The van der Waals surface area contributed by atoms with Crippen LogP contribution in [0.5, 0.6) is 0 Å². The van der Waals surface area contributed by atoms with Crippen LogP contribution in [0.25, 0.3) is 27.9 Å². The molecule has 0 radical (unpaired) electrons. The van der Waals surface area contributed by atoms with Gasteiger partial charge in [0.05, 0.1) is 36.7 Å². The van der Waals surface area contributed by atoms with E-state index in [0.29, 0.717) is 60.6 Å². The molecule has 0 bridgehead atoms. The Kier molecular flexibility index (Phi) is 6.63. The third-order valence-electron chi connectivity index (χ3n) is 8.35. The summed E-state index contributed by atoms with van der Waals surface area (Å²) < 4.78 is 21.8. The van der Waals surface area contributed by atoms with E-state index in [2.05, 4.69) is 25.4 Å². The van der Waals surface area contributed by atoms with E-state index in [-0.39, 0.29) is 30.3 Å². The number of imidazole rings is 1. The Hall–Kier alpha value is -5.07. The highest BCUT2D eigenvalue weighted by Gasteiger charge is 2.30. The van der Waals surface area contributed by atoms with Crippen molar-refractivity contribution in [2.24, 2.45) is 7.05 Å². The smallest absolute Gasteiger partial charge is 0.270 e. The van der Waals surface area contributed by atoms with E-state index in [1.165, 1.54) is 0 Å². The molecule has 220 valence electrons. The van der Waals surface area contributed by atoms with E-state index >= 15 is 4.39 Å². The van der Waals surface area contributed by atoms with E-state index in [9.17, 15) is 9.59 Å². The van der Waals surface area contributed by atoms with Gasteiger partial charge < -0.3 is 19.4 Å². The standard InChI is InChI=1S/C30H31FN10O2/c1-3-41-25-18-39(17-20(25)15-34-41)30(43)24-14-22-23(29-32-7-11-37(29)2)13-21(27(31)28(22)35-24)19-5-4-9-38(16-19)26(42)6-10-40-12-8-33-36-40/h5,7-8,11-15,35H,3-4,6,9-10,16-18H2,1-2H3. The Morgan fingerprint density at radius 2 is 1.95 bits per heavy atom. The zero-order valence-corrected chi connectivity index (χ0v) is 24.0. The van der Waals surface area contributed by atoms with E-state index in [1.54, 1.807) is 45.2 Å². The number of nitrogens with one attached hydrogen (secondary N) is 1. The number of rotatable bonds is 7. The summed E-state index contributed by atoms with van der Waals surface area (Å²) in [6.07, 6.45) is 11.5. The third-order valence-corrected chi connectivity index (χ3v) is 8.35. The highest BCUT2D eigenvalue weighted by molar-refractivity contribution is 6.04. The summed E-state index contributed by atoms with van der Waals surface area (Å²) in [7, 11) is 1.88. The van der Waals surface area contributed by atoms with Crippen molar-refractivity contribution in [3.63, 3.8) is 0 Å². The summed E-state index contributed by atoms with van der Waals surface area (Å²) in [5.74, 6) is -0.0418. The van der Waals surface area contributed by atoms with Crippen molar-refractivity contribution in [3.8, 4) is 11.4 Å². The van der Waals surface area contributed by atoms with Crippen LogP contribution in [0.4, 0.5) is 4.39 Å². The number of carbonyl (C=O) groups excluding carboxylic acids is 2. The number of halogens is 1. The Morgan fingerprint density at radius 1 is 1.07 bits per heavy atom. The van der Waals surface area contributed by atoms with Gasteiger partial charge in [0.1, 0.15) is 11.5 Å². The minimum absolute atomic E-state index is 0.0301. The van der Waals surface area contributed by atoms with E-state index in [1.807, 2.05) is 41.7 Å². The van der Waals surface area contributed by atoms with Gasteiger partial charge in [-0.15, -0.1) is 5.10 Å². The van der Waals surface area contributed by atoms with Gasteiger partial charge in [-0.1, -0.05) is 11.3 Å². The first-order valence-electron chi connectivity index (χ1n) is 14.4. The number of amides is 2. The number of hydrogen-bond donors (Lipinski definition) is 1. The fraction of sp³-hybridized carbons (Fsp3) is 0.333. The van der Waals surface area contributed by atoms with Gasteiger partial charge in [-0.05, 0) is 31.1 Å². The number of H-pyrrole nitrogens is 1. The first-order valence-corrected chi connectivity index (χ1v) is 14.4. The van der Waals surface area contributed by atoms with Gasteiger partial charge in [0, 0.05) is 80.3 Å². The number of hydrogen-bond acceptors (Lipinski definition) is 6. The molecule has 0 saturated carbocycles. The van der Waals surface area contributed by atoms with Crippen LogP contribution in [-0.2, 0) is 38.0 Å². The van der Waals surface area contributed by atoms with Crippen molar-refractivity contribution in [1.82, 2.24) is 49.1 Å². The molecule has 4 aromatic heterocycles. The molecule has 0 fully saturated rings. The average molecular weight is 583 g/mol. The zero-order valence-electron chi connectivity index (χ0n) is 24.0. The highest BCUT2D eigenvalue weighted by Crippen LogP contribution is 2.37. The predicted octanol–water partition coefficient (Wildman–Crippen LogP) is 3.38. The van der Waals surface area contributed by atoms with Crippen LogP contribution in [0.15, 0.2) is 49.2 Å². The molecule has 1 aromatic carbocycles. The van der Waals surface area contributed by atoms with E-state index in [4.69, 9.17) is 0 Å². The summed E-state index contributed by atoms with van der Waals surface area (Å²) in [5.41, 5.74) is 4.41. The first-order chi connectivity index (χ1) is 20.9. The lowest BCUT2D eigenvalue weighted by Crippen LogP contribution is -2.36. The molecule has 1 N–H and O–H groups in total. The maximum Gasteiger partial charge on any atom is 0.270 e.